The summed E-state index contributed by atoms with van der Waals surface area (Å²) in [5, 5.41) is 0. The summed E-state index contributed by atoms with van der Waals surface area (Å²) in [6.07, 6.45) is 6.37. The minimum Gasteiger partial charge on any atom is -0.370 e. The van der Waals surface area contributed by atoms with Crippen molar-refractivity contribution in [3.8, 4) is 0 Å². The Balaban J connectivity index is 1.79. The van der Waals surface area contributed by atoms with Gasteiger partial charge in [0.2, 0.25) is 0 Å². The molecule has 0 spiro atoms. The summed E-state index contributed by atoms with van der Waals surface area (Å²) < 4.78 is 0. The monoisotopic (exact) mass is 238 g/mol. The van der Waals surface area contributed by atoms with Gasteiger partial charge in [-0.25, -0.2) is 4.99 Å². The minimum atomic E-state index is 0.490. The zero-order valence-electron chi connectivity index (χ0n) is 11.2. The molecule has 0 aromatic heterocycles. The Kier molecular flexibility index (Phi) is 4.26. The quantitative estimate of drug-likeness (QED) is 0.592. The highest BCUT2D eigenvalue weighted by atomic mass is 15.2. The van der Waals surface area contributed by atoms with E-state index in [0.29, 0.717) is 6.04 Å². The molecule has 1 atom stereocenters. The van der Waals surface area contributed by atoms with Gasteiger partial charge in [0.05, 0.1) is 6.04 Å². The summed E-state index contributed by atoms with van der Waals surface area (Å²) >= 11 is 0. The van der Waals surface area contributed by atoms with Crippen molar-refractivity contribution in [2.24, 2.45) is 16.6 Å². The van der Waals surface area contributed by atoms with Crippen molar-refractivity contribution >= 4 is 5.96 Å². The fourth-order valence-corrected chi connectivity index (χ4v) is 2.98. The number of guanidine groups is 1. The SMILES string of the molecule is CN1CCC(CN(C)C(N)=NC2CCCC2)C1. The van der Waals surface area contributed by atoms with Gasteiger partial charge in [-0.05, 0) is 38.8 Å². The number of hydrogen-bond donors (Lipinski definition) is 1. The molecule has 2 N–H and O–H groups in total. The Morgan fingerprint density at radius 3 is 2.65 bits per heavy atom. The van der Waals surface area contributed by atoms with Gasteiger partial charge in [0, 0.05) is 20.1 Å². The smallest absolute Gasteiger partial charge is 0.191 e. The zero-order chi connectivity index (χ0) is 12.3. The second-order valence-electron chi connectivity index (χ2n) is 5.72. The summed E-state index contributed by atoms with van der Waals surface area (Å²) in [4.78, 5) is 9.18. The maximum absolute atomic E-state index is 6.07. The summed E-state index contributed by atoms with van der Waals surface area (Å²) in [5.74, 6) is 1.49. The third-order valence-electron chi connectivity index (χ3n) is 4.05. The number of hydrogen-bond acceptors (Lipinski definition) is 2. The van der Waals surface area contributed by atoms with Crippen LogP contribution in [0.3, 0.4) is 0 Å². The van der Waals surface area contributed by atoms with Crippen LogP contribution in [0.25, 0.3) is 0 Å². The van der Waals surface area contributed by atoms with Crippen LogP contribution in [-0.2, 0) is 0 Å². The summed E-state index contributed by atoms with van der Waals surface area (Å²) in [6.45, 7) is 3.46. The number of nitrogens with two attached hydrogens (primary N) is 1. The van der Waals surface area contributed by atoms with Gasteiger partial charge in [-0.3, -0.25) is 0 Å². The van der Waals surface area contributed by atoms with Gasteiger partial charge in [-0.2, -0.15) is 0 Å². The van der Waals surface area contributed by atoms with E-state index in [1.54, 1.807) is 0 Å². The standard InChI is InChI=1S/C13H26N4/c1-16-8-7-11(9-16)10-17(2)13(14)15-12-5-3-4-6-12/h11-12H,3-10H2,1-2H3,(H2,14,15). The molecule has 98 valence electrons. The fraction of sp³-hybridized carbons (Fsp3) is 0.923. The normalized spacial score (nSPS) is 27.9. The van der Waals surface area contributed by atoms with Gasteiger partial charge in [0.15, 0.2) is 5.96 Å². The second-order valence-corrected chi connectivity index (χ2v) is 5.72. The van der Waals surface area contributed by atoms with E-state index in [1.807, 2.05) is 0 Å². The molecule has 0 aromatic rings. The highest BCUT2D eigenvalue weighted by molar-refractivity contribution is 5.78. The number of nitrogens with zero attached hydrogens (tertiary/aromatic N) is 3. The first-order chi connectivity index (χ1) is 8.15. The molecule has 4 nitrogen and oxygen atoms in total. The number of likely N-dealkylation sites (tertiary alicyclic amines) is 1. The second kappa shape index (κ2) is 5.71. The van der Waals surface area contributed by atoms with Crippen LogP contribution in [0.4, 0.5) is 0 Å². The molecule has 17 heavy (non-hydrogen) atoms. The van der Waals surface area contributed by atoms with Crippen LogP contribution in [0.5, 0.6) is 0 Å². The molecule has 1 saturated carbocycles. The Bertz CT molecular complexity index is 271. The lowest BCUT2D eigenvalue weighted by Crippen LogP contribution is -2.38. The highest BCUT2D eigenvalue weighted by Crippen LogP contribution is 2.21. The van der Waals surface area contributed by atoms with Crippen LogP contribution in [-0.4, -0.2) is 55.5 Å². The Morgan fingerprint density at radius 2 is 2.06 bits per heavy atom. The van der Waals surface area contributed by atoms with Crippen molar-refractivity contribution < 1.29 is 0 Å². The average Bonchev–Trinajstić information content (AvgIpc) is 2.90. The topological polar surface area (TPSA) is 44.9 Å². The lowest BCUT2D eigenvalue weighted by Gasteiger charge is -2.22. The number of aliphatic imine (C=N–C) groups is 1. The average molecular weight is 238 g/mol. The molecule has 0 radical (unpaired) electrons. The first-order valence-corrected chi connectivity index (χ1v) is 6.88. The van der Waals surface area contributed by atoms with Crippen molar-refractivity contribution in [1.29, 1.82) is 0 Å². The lowest BCUT2D eigenvalue weighted by atomic mass is 10.1. The Hall–Kier alpha value is -0.770. The van der Waals surface area contributed by atoms with Gasteiger partial charge < -0.3 is 15.5 Å². The molecule has 1 heterocycles. The fourth-order valence-electron chi connectivity index (χ4n) is 2.98. The largest absolute Gasteiger partial charge is 0.370 e. The van der Waals surface area contributed by atoms with Crippen LogP contribution in [0.2, 0.25) is 0 Å². The molecule has 1 saturated heterocycles. The molecule has 1 unspecified atom stereocenters. The maximum atomic E-state index is 6.07. The van der Waals surface area contributed by atoms with E-state index in [1.165, 1.54) is 45.2 Å². The first-order valence-electron chi connectivity index (χ1n) is 6.88. The van der Waals surface area contributed by atoms with Gasteiger partial charge in [0.1, 0.15) is 0 Å². The van der Waals surface area contributed by atoms with Crippen molar-refractivity contribution in [2.75, 3.05) is 33.7 Å². The lowest BCUT2D eigenvalue weighted by molar-refractivity contribution is 0.353. The summed E-state index contributed by atoms with van der Waals surface area (Å²) in [6, 6.07) is 0.490. The molecule has 0 bridgehead atoms. The number of rotatable bonds is 3. The van der Waals surface area contributed by atoms with E-state index in [4.69, 9.17) is 5.73 Å². The Morgan fingerprint density at radius 1 is 1.35 bits per heavy atom. The van der Waals surface area contributed by atoms with Crippen molar-refractivity contribution in [1.82, 2.24) is 9.80 Å². The van der Waals surface area contributed by atoms with Crippen molar-refractivity contribution in [3.05, 3.63) is 0 Å². The van der Waals surface area contributed by atoms with Gasteiger partial charge in [-0.1, -0.05) is 12.8 Å². The van der Waals surface area contributed by atoms with E-state index < -0.39 is 0 Å². The molecule has 0 amide bonds. The predicted octanol–water partition coefficient (Wildman–Crippen LogP) is 1.13. The van der Waals surface area contributed by atoms with Crippen molar-refractivity contribution in [3.63, 3.8) is 0 Å². The van der Waals surface area contributed by atoms with Gasteiger partial charge in [0.25, 0.3) is 0 Å². The first kappa shape index (κ1) is 12.7. The molecule has 4 heteroatoms. The summed E-state index contributed by atoms with van der Waals surface area (Å²) in [7, 11) is 4.27. The third-order valence-corrected chi connectivity index (χ3v) is 4.05. The van der Waals surface area contributed by atoms with Crippen LogP contribution >= 0.6 is 0 Å². The van der Waals surface area contributed by atoms with E-state index in [-0.39, 0.29) is 0 Å². The van der Waals surface area contributed by atoms with Crippen molar-refractivity contribution in [2.45, 2.75) is 38.1 Å². The molecular weight excluding hydrogens is 212 g/mol. The molecule has 2 rings (SSSR count). The highest BCUT2D eigenvalue weighted by Gasteiger charge is 2.22. The summed E-state index contributed by atoms with van der Waals surface area (Å²) in [5.41, 5.74) is 6.07. The molecule has 0 aromatic carbocycles. The molecule has 1 aliphatic carbocycles. The van der Waals surface area contributed by atoms with Gasteiger partial charge >= 0.3 is 0 Å². The van der Waals surface area contributed by atoms with E-state index in [9.17, 15) is 0 Å². The van der Waals surface area contributed by atoms with Crippen LogP contribution < -0.4 is 5.73 Å². The maximum Gasteiger partial charge on any atom is 0.191 e. The molecule has 1 aliphatic heterocycles. The predicted molar refractivity (Wildman–Crippen MR) is 72.1 cm³/mol. The molecule has 2 aliphatic rings. The van der Waals surface area contributed by atoms with E-state index in [0.717, 1.165) is 18.4 Å². The van der Waals surface area contributed by atoms with E-state index >= 15 is 0 Å². The van der Waals surface area contributed by atoms with E-state index in [2.05, 4.69) is 28.9 Å². The van der Waals surface area contributed by atoms with Crippen LogP contribution in [0.1, 0.15) is 32.1 Å². The molecular formula is C13H26N4. The van der Waals surface area contributed by atoms with Crippen LogP contribution in [0.15, 0.2) is 4.99 Å². The molecule has 2 fully saturated rings. The third kappa shape index (κ3) is 3.60. The van der Waals surface area contributed by atoms with Crippen LogP contribution in [0, 0.1) is 5.92 Å². The zero-order valence-corrected chi connectivity index (χ0v) is 11.2. The Labute approximate surface area is 105 Å². The van der Waals surface area contributed by atoms with Gasteiger partial charge in [-0.15, -0.1) is 0 Å². The minimum absolute atomic E-state index is 0.490.